The number of para-hydroxylation sites is 2. The van der Waals surface area contributed by atoms with Gasteiger partial charge in [-0.2, -0.15) is 5.10 Å². The zero-order valence-electron chi connectivity index (χ0n) is 12.5. The van der Waals surface area contributed by atoms with Gasteiger partial charge in [-0.25, -0.2) is 0 Å². The van der Waals surface area contributed by atoms with Crippen LogP contribution in [-0.2, 0) is 13.6 Å². The van der Waals surface area contributed by atoms with Crippen molar-refractivity contribution >= 4 is 23.0 Å². The summed E-state index contributed by atoms with van der Waals surface area (Å²) < 4.78 is 7.36. The van der Waals surface area contributed by atoms with Gasteiger partial charge in [-0.15, -0.1) is 0 Å². The molecule has 1 heterocycles. The van der Waals surface area contributed by atoms with Crippen molar-refractivity contribution in [1.82, 2.24) is 15.1 Å². The Bertz CT molecular complexity index is 624. The quantitative estimate of drug-likeness (QED) is 0.832. The summed E-state index contributed by atoms with van der Waals surface area (Å²) in [5, 5.41) is 11.2. The molecule has 6 heteroatoms. The van der Waals surface area contributed by atoms with E-state index in [9.17, 15) is 0 Å². The fourth-order valence-electron chi connectivity index (χ4n) is 2.02. The van der Waals surface area contributed by atoms with E-state index in [0.717, 1.165) is 22.7 Å². The molecule has 0 aliphatic rings. The fourth-order valence-corrected chi connectivity index (χ4v) is 2.20. The molecule has 0 fully saturated rings. The van der Waals surface area contributed by atoms with Gasteiger partial charge in [0.05, 0.1) is 18.0 Å². The van der Waals surface area contributed by atoms with Crippen molar-refractivity contribution in [3.63, 3.8) is 0 Å². The van der Waals surface area contributed by atoms with Crippen LogP contribution < -0.4 is 15.4 Å². The average Bonchev–Trinajstić information content (AvgIpc) is 2.77. The van der Waals surface area contributed by atoms with Crippen LogP contribution in [0.15, 0.2) is 30.5 Å². The standard InChI is InChI=1S/C15H20N4OS/c1-4-20-14-8-6-5-7-13(14)17-15(21)16-9-12-10-19(3)18-11(12)2/h5-8,10H,4,9H2,1-3H3,(H2,16,17,21). The highest BCUT2D eigenvalue weighted by molar-refractivity contribution is 7.80. The molecule has 0 bridgehead atoms. The molecule has 2 aromatic rings. The van der Waals surface area contributed by atoms with E-state index in [1.165, 1.54) is 0 Å². The third-order valence-electron chi connectivity index (χ3n) is 2.99. The zero-order valence-corrected chi connectivity index (χ0v) is 13.3. The Morgan fingerprint density at radius 2 is 2.14 bits per heavy atom. The second-order valence-corrected chi connectivity index (χ2v) is 5.06. The van der Waals surface area contributed by atoms with Crippen molar-refractivity contribution in [3.05, 3.63) is 41.7 Å². The third kappa shape index (κ3) is 4.19. The molecule has 0 radical (unpaired) electrons. The van der Waals surface area contributed by atoms with Crippen LogP contribution in [0.1, 0.15) is 18.2 Å². The highest BCUT2D eigenvalue weighted by Crippen LogP contribution is 2.23. The molecule has 2 N–H and O–H groups in total. The van der Waals surface area contributed by atoms with E-state index in [1.54, 1.807) is 4.68 Å². The molecular formula is C15H20N4OS. The first-order valence-electron chi connectivity index (χ1n) is 6.86. The molecule has 0 spiro atoms. The van der Waals surface area contributed by atoms with Crippen LogP contribution >= 0.6 is 12.2 Å². The first-order chi connectivity index (χ1) is 10.1. The number of nitrogens with one attached hydrogen (secondary N) is 2. The van der Waals surface area contributed by atoms with Crippen LogP contribution in [0.2, 0.25) is 0 Å². The van der Waals surface area contributed by atoms with E-state index < -0.39 is 0 Å². The van der Waals surface area contributed by atoms with Gasteiger partial charge >= 0.3 is 0 Å². The first-order valence-corrected chi connectivity index (χ1v) is 7.26. The summed E-state index contributed by atoms with van der Waals surface area (Å²) in [7, 11) is 1.91. The molecule has 5 nitrogen and oxygen atoms in total. The van der Waals surface area contributed by atoms with Crippen LogP contribution in [0.4, 0.5) is 5.69 Å². The van der Waals surface area contributed by atoms with Crippen molar-refractivity contribution in [3.8, 4) is 5.75 Å². The SMILES string of the molecule is CCOc1ccccc1NC(=S)NCc1cn(C)nc1C. The summed E-state index contributed by atoms with van der Waals surface area (Å²) in [6, 6.07) is 7.73. The summed E-state index contributed by atoms with van der Waals surface area (Å²) in [6.45, 7) is 5.20. The lowest BCUT2D eigenvalue weighted by Gasteiger charge is -2.13. The minimum Gasteiger partial charge on any atom is -0.492 e. The smallest absolute Gasteiger partial charge is 0.171 e. The summed E-state index contributed by atoms with van der Waals surface area (Å²) >= 11 is 5.32. The van der Waals surface area contributed by atoms with E-state index in [2.05, 4.69) is 15.7 Å². The predicted octanol–water partition coefficient (Wildman–Crippen LogP) is 2.61. The highest BCUT2D eigenvalue weighted by Gasteiger charge is 2.06. The van der Waals surface area contributed by atoms with Gasteiger partial charge in [0.15, 0.2) is 5.11 Å². The minimum atomic E-state index is 0.561. The third-order valence-corrected chi connectivity index (χ3v) is 3.24. The van der Waals surface area contributed by atoms with Gasteiger partial charge in [0.2, 0.25) is 0 Å². The van der Waals surface area contributed by atoms with Crippen molar-refractivity contribution in [1.29, 1.82) is 0 Å². The van der Waals surface area contributed by atoms with Crippen LogP contribution in [0.5, 0.6) is 5.75 Å². The number of aromatic nitrogens is 2. The lowest BCUT2D eigenvalue weighted by molar-refractivity contribution is 0.342. The Kier molecular flexibility index (Phi) is 5.16. The number of hydrogen-bond donors (Lipinski definition) is 2. The first kappa shape index (κ1) is 15.3. The van der Waals surface area contributed by atoms with Crippen molar-refractivity contribution in [2.45, 2.75) is 20.4 Å². The van der Waals surface area contributed by atoms with Gasteiger partial charge in [-0.05, 0) is 38.2 Å². The lowest BCUT2D eigenvalue weighted by Crippen LogP contribution is -2.28. The number of aryl methyl sites for hydroxylation is 2. The zero-order chi connectivity index (χ0) is 15.2. The van der Waals surface area contributed by atoms with Crippen molar-refractivity contribution < 1.29 is 4.74 Å². The van der Waals surface area contributed by atoms with Crippen LogP contribution in [-0.4, -0.2) is 21.5 Å². The van der Waals surface area contributed by atoms with Gasteiger partial charge in [0, 0.05) is 25.4 Å². The Morgan fingerprint density at radius 1 is 1.38 bits per heavy atom. The molecule has 0 aliphatic heterocycles. The lowest BCUT2D eigenvalue weighted by atomic mass is 10.2. The normalized spacial score (nSPS) is 10.2. The second-order valence-electron chi connectivity index (χ2n) is 4.65. The molecule has 2 rings (SSSR count). The molecule has 0 atom stereocenters. The van der Waals surface area contributed by atoms with Crippen molar-refractivity contribution in [2.24, 2.45) is 7.05 Å². The molecule has 0 amide bonds. The monoisotopic (exact) mass is 304 g/mol. The minimum absolute atomic E-state index is 0.561. The van der Waals surface area contributed by atoms with E-state index in [0.29, 0.717) is 18.3 Å². The number of rotatable bonds is 5. The summed E-state index contributed by atoms with van der Waals surface area (Å²) in [5.74, 6) is 0.793. The number of nitrogens with zero attached hydrogens (tertiary/aromatic N) is 2. The van der Waals surface area contributed by atoms with Crippen LogP contribution in [0.3, 0.4) is 0 Å². The Balaban J connectivity index is 1.94. The van der Waals surface area contributed by atoms with Crippen molar-refractivity contribution in [2.75, 3.05) is 11.9 Å². The second kappa shape index (κ2) is 7.08. The maximum absolute atomic E-state index is 5.56. The van der Waals surface area contributed by atoms with Gasteiger partial charge in [-0.3, -0.25) is 4.68 Å². The molecule has 1 aromatic heterocycles. The molecule has 0 unspecified atom stereocenters. The molecule has 0 aliphatic carbocycles. The summed E-state index contributed by atoms with van der Waals surface area (Å²) in [5.41, 5.74) is 2.99. The van der Waals surface area contributed by atoms with Crippen LogP contribution in [0, 0.1) is 6.92 Å². The summed E-state index contributed by atoms with van der Waals surface area (Å²) in [6.07, 6.45) is 1.99. The molecule has 1 aromatic carbocycles. The van der Waals surface area contributed by atoms with Gasteiger partial charge in [0.1, 0.15) is 5.75 Å². The Hall–Kier alpha value is -2.08. The van der Waals surface area contributed by atoms with E-state index in [4.69, 9.17) is 17.0 Å². The Labute approximate surface area is 130 Å². The predicted molar refractivity (Wildman–Crippen MR) is 88.6 cm³/mol. The van der Waals surface area contributed by atoms with E-state index in [1.807, 2.05) is 51.4 Å². The molecule has 112 valence electrons. The van der Waals surface area contributed by atoms with Gasteiger partial charge in [-0.1, -0.05) is 12.1 Å². The molecular weight excluding hydrogens is 284 g/mol. The number of ether oxygens (including phenoxy) is 1. The molecule has 0 saturated heterocycles. The average molecular weight is 304 g/mol. The number of benzene rings is 1. The highest BCUT2D eigenvalue weighted by atomic mass is 32.1. The van der Waals surface area contributed by atoms with Crippen LogP contribution in [0.25, 0.3) is 0 Å². The van der Waals surface area contributed by atoms with Gasteiger partial charge in [0.25, 0.3) is 0 Å². The van der Waals surface area contributed by atoms with E-state index in [-0.39, 0.29) is 0 Å². The van der Waals surface area contributed by atoms with Gasteiger partial charge < -0.3 is 15.4 Å². The fraction of sp³-hybridized carbons (Fsp3) is 0.333. The molecule has 0 saturated carbocycles. The maximum Gasteiger partial charge on any atom is 0.171 e. The number of thiocarbonyl (C=S) groups is 1. The topological polar surface area (TPSA) is 51.1 Å². The number of anilines is 1. The number of hydrogen-bond acceptors (Lipinski definition) is 3. The maximum atomic E-state index is 5.56. The summed E-state index contributed by atoms with van der Waals surface area (Å²) in [4.78, 5) is 0. The Morgan fingerprint density at radius 3 is 2.81 bits per heavy atom. The largest absolute Gasteiger partial charge is 0.492 e. The van der Waals surface area contributed by atoms with E-state index >= 15 is 0 Å². The molecule has 21 heavy (non-hydrogen) atoms.